The molecule has 0 saturated carbocycles. The Kier molecular flexibility index (Phi) is 5.21. The Morgan fingerprint density at radius 3 is 2.62 bits per heavy atom. The highest BCUT2D eigenvalue weighted by molar-refractivity contribution is 6.33. The monoisotopic (exact) mass is 307 g/mol. The van der Waals surface area contributed by atoms with Gasteiger partial charge in [0.2, 0.25) is 0 Å². The highest BCUT2D eigenvalue weighted by Crippen LogP contribution is 2.32. The summed E-state index contributed by atoms with van der Waals surface area (Å²) in [4.78, 5) is 0. The normalized spacial score (nSPS) is 11.0. The molecule has 0 radical (unpaired) electrons. The van der Waals surface area contributed by atoms with Crippen molar-refractivity contribution in [2.24, 2.45) is 0 Å². The molecule has 0 aromatic heterocycles. The van der Waals surface area contributed by atoms with Crippen molar-refractivity contribution in [1.29, 1.82) is 0 Å². The summed E-state index contributed by atoms with van der Waals surface area (Å²) < 4.78 is 18.8. The Labute approximate surface area is 129 Å². The number of benzene rings is 2. The Hall–Kier alpha value is -1.58. The van der Waals surface area contributed by atoms with Crippen molar-refractivity contribution in [1.82, 2.24) is 5.32 Å². The fraction of sp³-hybridized carbons (Fsp3) is 0.294. The highest BCUT2D eigenvalue weighted by atomic mass is 35.5. The van der Waals surface area contributed by atoms with E-state index in [1.165, 1.54) is 12.1 Å². The molecule has 2 nitrogen and oxygen atoms in total. The number of ether oxygens (including phenoxy) is 1. The van der Waals surface area contributed by atoms with Crippen LogP contribution in [0.1, 0.15) is 19.4 Å². The number of methoxy groups -OCH3 is 1. The molecule has 0 aliphatic rings. The topological polar surface area (TPSA) is 21.3 Å². The molecule has 0 aliphatic heterocycles. The van der Waals surface area contributed by atoms with Crippen molar-refractivity contribution >= 4 is 11.6 Å². The lowest BCUT2D eigenvalue weighted by molar-refractivity contribution is 0.406. The van der Waals surface area contributed by atoms with E-state index in [1.807, 2.05) is 18.2 Å². The first-order valence-electron chi connectivity index (χ1n) is 6.87. The molecular formula is C17H19ClFNO. The van der Waals surface area contributed by atoms with Gasteiger partial charge in [-0.25, -0.2) is 4.39 Å². The summed E-state index contributed by atoms with van der Waals surface area (Å²) in [7, 11) is 1.64. The number of halogens is 2. The van der Waals surface area contributed by atoms with Gasteiger partial charge in [-0.1, -0.05) is 31.5 Å². The lowest BCUT2D eigenvalue weighted by Crippen LogP contribution is -2.22. The van der Waals surface area contributed by atoms with Crippen molar-refractivity contribution in [2.45, 2.75) is 26.4 Å². The van der Waals surface area contributed by atoms with Crippen LogP contribution in [-0.4, -0.2) is 13.2 Å². The number of nitrogens with one attached hydrogen (secondary N) is 1. The largest absolute Gasteiger partial charge is 0.496 e. The molecular weight excluding hydrogens is 289 g/mol. The summed E-state index contributed by atoms with van der Waals surface area (Å²) in [5, 5.41) is 3.89. The molecule has 2 aromatic rings. The molecule has 0 unspecified atom stereocenters. The van der Waals surface area contributed by atoms with E-state index >= 15 is 0 Å². The number of hydrogen-bond donors (Lipinski definition) is 1. The maximum atomic E-state index is 13.4. The van der Waals surface area contributed by atoms with Gasteiger partial charge in [-0.2, -0.15) is 0 Å². The first-order valence-corrected chi connectivity index (χ1v) is 7.24. The Morgan fingerprint density at radius 2 is 1.95 bits per heavy atom. The molecule has 0 saturated heterocycles. The summed E-state index contributed by atoms with van der Waals surface area (Å²) in [6, 6.07) is 10.5. The molecule has 21 heavy (non-hydrogen) atoms. The van der Waals surface area contributed by atoms with E-state index in [0.717, 1.165) is 16.9 Å². The zero-order valence-corrected chi connectivity index (χ0v) is 13.2. The molecule has 0 amide bonds. The summed E-state index contributed by atoms with van der Waals surface area (Å²) in [6.07, 6.45) is 0. The smallest absolute Gasteiger partial charge is 0.123 e. The third-order valence-electron chi connectivity index (χ3n) is 3.22. The van der Waals surface area contributed by atoms with Gasteiger partial charge < -0.3 is 10.1 Å². The standard InChI is InChI=1S/C17H19ClFNO/c1-11(2)20-10-13-8-12(4-7-17(13)21-3)15-9-14(19)5-6-16(15)18/h4-9,11,20H,10H2,1-3H3. The van der Waals surface area contributed by atoms with Gasteiger partial charge in [0.1, 0.15) is 11.6 Å². The third-order valence-corrected chi connectivity index (χ3v) is 3.55. The minimum atomic E-state index is -0.299. The van der Waals surface area contributed by atoms with Gasteiger partial charge >= 0.3 is 0 Å². The maximum Gasteiger partial charge on any atom is 0.123 e. The minimum Gasteiger partial charge on any atom is -0.496 e. The minimum absolute atomic E-state index is 0.299. The maximum absolute atomic E-state index is 13.4. The van der Waals surface area contributed by atoms with E-state index in [9.17, 15) is 4.39 Å². The Morgan fingerprint density at radius 1 is 1.19 bits per heavy atom. The highest BCUT2D eigenvalue weighted by Gasteiger charge is 2.10. The molecule has 2 rings (SSSR count). The fourth-order valence-corrected chi connectivity index (χ4v) is 2.34. The van der Waals surface area contributed by atoms with E-state index in [-0.39, 0.29) is 5.82 Å². The SMILES string of the molecule is COc1ccc(-c2cc(F)ccc2Cl)cc1CNC(C)C. The average Bonchev–Trinajstić information content (AvgIpc) is 2.47. The molecule has 0 aliphatic carbocycles. The van der Waals surface area contributed by atoms with Crippen LogP contribution in [0.2, 0.25) is 5.02 Å². The Bertz CT molecular complexity index is 628. The zero-order valence-electron chi connectivity index (χ0n) is 12.4. The molecule has 4 heteroatoms. The Balaban J connectivity index is 2.41. The third kappa shape index (κ3) is 3.96. The van der Waals surface area contributed by atoms with Crippen LogP contribution in [-0.2, 0) is 6.54 Å². The van der Waals surface area contributed by atoms with Gasteiger partial charge in [-0.05, 0) is 35.9 Å². The fourth-order valence-electron chi connectivity index (χ4n) is 2.12. The molecule has 0 fully saturated rings. The lowest BCUT2D eigenvalue weighted by Gasteiger charge is -2.14. The lowest BCUT2D eigenvalue weighted by atomic mass is 10.0. The number of rotatable bonds is 5. The average molecular weight is 308 g/mol. The molecule has 1 N–H and O–H groups in total. The molecule has 0 heterocycles. The summed E-state index contributed by atoms with van der Waals surface area (Å²) >= 11 is 6.17. The van der Waals surface area contributed by atoms with E-state index in [2.05, 4.69) is 19.2 Å². The summed E-state index contributed by atoms with van der Waals surface area (Å²) in [5.41, 5.74) is 2.58. The van der Waals surface area contributed by atoms with Crippen molar-refractivity contribution in [3.8, 4) is 16.9 Å². The van der Waals surface area contributed by atoms with Crippen molar-refractivity contribution < 1.29 is 9.13 Å². The molecule has 0 bridgehead atoms. The molecule has 0 spiro atoms. The van der Waals surface area contributed by atoms with Crippen molar-refractivity contribution in [3.05, 3.63) is 52.8 Å². The van der Waals surface area contributed by atoms with E-state index in [1.54, 1.807) is 13.2 Å². The van der Waals surface area contributed by atoms with Gasteiger partial charge in [0.15, 0.2) is 0 Å². The van der Waals surface area contributed by atoms with Crippen LogP contribution in [0.4, 0.5) is 4.39 Å². The predicted octanol–water partition coefficient (Wildman–Crippen LogP) is 4.65. The first-order chi connectivity index (χ1) is 10.0. The van der Waals surface area contributed by atoms with E-state index < -0.39 is 0 Å². The van der Waals surface area contributed by atoms with Gasteiger partial charge in [0.25, 0.3) is 0 Å². The predicted molar refractivity (Wildman–Crippen MR) is 85.4 cm³/mol. The van der Waals surface area contributed by atoms with Crippen LogP contribution in [0.3, 0.4) is 0 Å². The van der Waals surface area contributed by atoms with Gasteiger partial charge in [-0.3, -0.25) is 0 Å². The van der Waals surface area contributed by atoms with Crippen LogP contribution in [0.25, 0.3) is 11.1 Å². The van der Waals surface area contributed by atoms with E-state index in [0.29, 0.717) is 23.2 Å². The van der Waals surface area contributed by atoms with Crippen LogP contribution >= 0.6 is 11.6 Å². The van der Waals surface area contributed by atoms with Crippen LogP contribution in [0.5, 0.6) is 5.75 Å². The van der Waals surface area contributed by atoms with Crippen molar-refractivity contribution in [3.63, 3.8) is 0 Å². The van der Waals surface area contributed by atoms with Crippen molar-refractivity contribution in [2.75, 3.05) is 7.11 Å². The molecule has 0 atom stereocenters. The zero-order chi connectivity index (χ0) is 15.4. The summed E-state index contributed by atoms with van der Waals surface area (Å²) in [5.74, 6) is 0.506. The summed E-state index contributed by atoms with van der Waals surface area (Å²) in [6.45, 7) is 4.85. The number of hydrogen-bond acceptors (Lipinski definition) is 2. The second kappa shape index (κ2) is 6.92. The quantitative estimate of drug-likeness (QED) is 0.868. The second-order valence-corrected chi connectivity index (χ2v) is 5.59. The van der Waals surface area contributed by atoms with Gasteiger partial charge in [0.05, 0.1) is 7.11 Å². The first kappa shape index (κ1) is 15.8. The molecule has 112 valence electrons. The van der Waals surface area contributed by atoms with Gasteiger partial charge in [0, 0.05) is 28.7 Å². The van der Waals surface area contributed by atoms with Gasteiger partial charge in [-0.15, -0.1) is 0 Å². The van der Waals surface area contributed by atoms with Crippen LogP contribution in [0, 0.1) is 5.82 Å². The van der Waals surface area contributed by atoms with Crippen LogP contribution < -0.4 is 10.1 Å². The van der Waals surface area contributed by atoms with Crippen LogP contribution in [0.15, 0.2) is 36.4 Å². The van der Waals surface area contributed by atoms with E-state index in [4.69, 9.17) is 16.3 Å². The molecule has 2 aromatic carbocycles. The second-order valence-electron chi connectivity index (χ2n) is 5.19.